The van der Waals surface area contributed by atoms with Crippen molar-refractivity contribution in [3.8, 4) is 0 Å². The van der Waals surface area contributed by atoms with Gasteiger partial charge in [0.15, 0.2) is 5.78 Å². The topological polar surface area (TPSA) is 193 Å². The lowest BCUT2D eigenvalue weighted by atomic mass is 9.88. The number of hydrogen-bond donors (Lipinski definition) is 7. The Morgan fingerprint density at radius 3 is 1.97 bits per heavy atom. The van der Waals surface area contributed by atoms with Crippen molar-refractivity contribution in [2.24, 2.45) is 11.8 Å². The van der Waals surface area contributed by atoms with Gasteiger partial charge in [-0.05, 0) is 25.7 Å². The van der Waals surface area contributed by atoms with E-state index in [9.17, 15) is 39.6 Å². The summed E-state index contributed by atoms with van der Waals surface area (Å²) in [6.07, 6.45) is -5.15. The molecule has 11 nitrogen and oxygen atoms in total. The molecule has 34 heavy (non-hydrogen) atoms. The average molecular weight is 491 g/mol. The number of unbranched alkanes of at least 4 members (excludes halogenated alkanes) is 1. The minimum atomic E-state index is -1.80. The largest absolute Gasteiger partial charge is 0.394 e. The van der Waals surface area contributed by atoms with Crippen molar-refractivity contribution in [2.45, 2.75) is 96.7 Å². The Kier molecular flexibility index (Phi) is 15.7. The molecule has 0 saturated heterocycles. The monoisotopic (exact) mass is 490 g/mol. The highest BCUT2D eigenvalue weighted by Gasteiger charge is 2.31. The van der Waals surface area contributed by atoms with Crippen LogP contribution in [0.5, 0.6) is 0 Å². The molecule has 0 aliphatic rings. The van der Waals surface area contributed by atoms with Crippen LogP contribution in [-0.2, 0) is 19.2 Å². The van der Waals surface area contributed by atoms with Crippen molar-refractivity contribution in [1.29, 1.82) is 0 Å². The van der Waals surface area contributed by atoms with Crippen molar-refractivity contribution in [2.75, 3.05) is 13.2 Å². The summed E-state index contributed by atoms with van der Waals surface area (Å²) in [4.78, 5) is 49.0. The minimum Gasteiger partial charge on any atom is -0.394 e. The first-order valence-corrected chi connectivity index (χ1v) is 11.8. The Balaban J connectivity index is 4.79. The van der Waals surface area contributed by atoms with Gasteiger partial charge in [0.2, 0.25) is 11.8 Å². The van der Waals surface area contributed by atoms with Gasteiger partial charge >= 0.3 is 0 Å². The maximum atomic E-state index is 12.8. The molecule has 0 aliphatic carbocycles. The van der Waals surface area contributed by atoms with Crippen LogP contribution in [0.25, 0.3) is 0 Å². The van der Waals surface area contributed by atoms with Crippen LogP contribution in [0.15, 0.2) is 0 Å². The summed E-state index contributed by atoms with van der Waals surface area (Å²) in [7, 11) is 0. The molecule has 7 N–H and O–H groups in total. The van der Waals surface area contributed by atoms with Crippen LogP contribution in [0.2, 0.25) is 0 Å². The zero-order chi connectivity index (χ0) is 26.4. The number of rotatable bonds is 18. The molecule has 0 aromatic rings. The zero-order valence-electron chi connectivity index (χ0n) is 20.6. The van der Waals surface area contributed by atoms with E-state index in [0.717, 1.165) is 6.42 Å². The Labute approximate surface area is 200 Å². The number of ketones is 2. The fourth-order valence-electron chi connectivity index (χ4n) is 3.32. The third kappa shape index (κ3) is 12.0. The fourth-order valence-corrected chi connectivity index (χ4v) is 3.32. The number of Topliss-reactive ketones (excluding diaryl/α,β-unsaturated/α-hetero) is 2. The molecule has 0 fully saturated rings. The van der Waals surface area contributed by atoms with Gasteiger partial charge in [-0.2, -0.15) is 0 Å². The first kappa shape index (κ1) is 32.1. The molecule has 198 valence electrons. The molecular weight excluding hydrogens is 448 g/mol. The predicted molar refractivity (Wildman–Crippen MR) is 123 cm³/mol. The maximum Gasteiger partial charge on any atom is 0.220 e. The van der Waals surface area contributed by atoms with E-state index < -0.39 is 55.4 Å². The van der Waals surface area contributed by atoms with E-state index >= 15 is 0 Å². The van der Waals surface area contributed by atoms with Crippen molar-refractivity contribution in [1.82, 2.24) is 10.6 Å². The van der Waals surface area contributed by atoms with Gasteiger partial charge in [0.25, 0.3) is 0 Å². The minimum absolute atomic E-state index is 0.0754. The van der Waals surface area contributed by atoms with Gasteiger partial charge in [-0.25, -0.2) is 0 Å². The van der Waals surface area contributed by atoms with E-state index in [4.69, 9.17) is 5.11 Å². The molecular formula is C23H42N2O9. The molecule has 0 heterocycles. The van der Waals surface area contributed by atoms with Crippen molar-refractivity contribution >= 4 is 23.4 Å². The van der Waals surface area contributed by atoms with E-state index in [0.29, 0.717) is 12.8 Å². The third-order valence-electron chi connectivity index (χ3n) is 5.66. The second kappa shape index (κ2) is 16.7. The average Bonchev–Trinajstić information content (AvgIpc) is 2.79. The van der Waals surface area contributed by atoms with Crippen molar-refractivity contribution < 1.29 is 44.7 Å². The summed E-state index contributed by atoms with van der Waals surface area (Å²) in [6, 6.07) is -0.725. The van der Waals surface area contributed by atoms with Gasteiger partial charge in [-0.1, -0.05) is 27.2 Å². The highest BCUT2D eigenvalue weighted by Crippen LogP contribution is 2.17. The summed E-state index contributed by atoms with van der Waals surface area (Å²) in [5.41, 5.74) is 0. The lowest BCUT2D eigenvalue weighted by molar-refractivity contribution is -0.132. The number of nitrogens with one attached hydrogen (secondary N) is 2. The van der Waals surface area contributed by atoms with E-state index in [-0.39, 0.29) is 42.7 Å². The van der Waals surface area contributed by atoms with Crippen LogP contribution >= 0.6 is 0 Å². The van der Waals surface area contributed by atoms with Gasteiger partial charge in [0, 0.05) is 31.7 Å². The second-order valence-corrected chi connectivity index (χ2v) is 9.01. The molecule has 11 heteroatoms. The van der Waals surface area contributed by atoms with Crippen LogP contribution in [0.3, 0.4) is 0 Å². The summed E-state index contributed by atoms with van der Waals surface area (Å²) in [5.74, 6) is -2.20. The van der Waals surface area contributed by atoms with E-state index in [1.807, 2.05) is 6.92 Å². The van der Waals surface area contributed by atoms with Gasteiger partial charge < -0.3 is 36.2 Å². The number of aliphatic hydroxyl groups excluding tert-OH is 5. The molecule has 0 unspecified atom stereocenters. The normalized spacial score (nSPS) is 16.8. The molecule has 0 rings (SSSR count). The second-order valence-electron chi connectivity index (χ2n) is 9.01. The third-order valence-corrected chi connectivity index (χ3v) is 5.66. The Morgan fingerprint density at radius 1 is 0.882 bits per heavy atom. The summed E-state index contributed by atoms with van der Waals surface area (Å²) < 4.78 is 0. The van der Waals surface area contributed by atoms with Crippen molar-refractivity contribution in [3.05, 3.63) is 0 Å². The van der Waals surface area contributed by atoms with Gasteiger partial charge in [-0.3, -0.25) is 19.2 Å². The molecule has 0 aromatic carbocycles. The highest BCUT2D eigenvalue weighted by atomic mass is 16.4. The Morgan fingerprint density at radius 2 is 1.47 bits per heavy atom. The molecule has 6 atom stereocenters. The summed E-state index contributed by atoms with van der Waals surface area (Å²) >= 11 is 0. The van der Waals surface area contributed by atoms with Gasteiger partial charge in [0.05, 0.1) is 18.8 Å². The van der Waals surface area contributed by atoms with Crippen LogP contribution in [-0.4, -0.2) is 92.5 Å². The summed E-state index contributed by atoms with van der Waals surface area (Å²) in [6.45, 7) is 5.64. The summed E-state index contributed by atoms with van der Waals surface area (Å²) in [5, 5.41) is 52.4. The quantitative estimate of drug-likeness (QED) is 0.124. The molecule has 0 aliphatic heterocycles. The number of carbonyl (C=O) groups excluding carboxylic acids is 4. The van der Waals surface area contributed by atoms with Crippen LogP contribution in [0, 0.1) is 11.8 Å². The van der Waals surface area contributed by atoms with Crippen LogP contribution in [0.1, 0.15) is 66.2 Å². The van der Waals surface area contributed by atoms with Crippen LogP contribution < -0.4 is 10.6 Å². The standard InChI is InChI=1S/C23H42N2O9/c1-5-6-7-20(32)25-21(13(2)3)16(28)10-15(14(4)27)8-9-19(31)24-11-17(29)22(33)23(34)18(30)12-26/h13,15,17-18,21-23,26,29-30,33-34H,5-12H2,1-4H3,(H,24,31)(H,25,32)/t15-,17+,18-,21+,22-,23-/m1/s1. The Hall–Kier alpha value is -1.92. The maximum absolute atomic E-state index is 12.8. The van der Waals surface area contributed by atoms with E-state index in [1.165, 1.54) is 6.92 Å². The number of aliphatic hydroxyl groups is 5. The number of amides is 2. The smallest absolute Gasteiger partial charge is 0.220 e. The first-order valence-electron chi connectivity index (χ1n) is 11.8. The SMILES string of the molecule is CCCCC(=O)N[C@H](C(=O)C[C@@H](CCC(=O)NC[C@H](O)[C@@H](O)[C@H](O)[C@H](O)CO)C(C)=O)C(C)C. The molecule has 0 aromatic heterocycles. The number of hydrogen-bond acceptors (Lipinski definition) is 9. The lowest BCUT2D eigenvalue weighted by Gasteiger charge is -2.25. The van der Waals surface area contributed by atoms with Gasteiger partial charge in [0.1, 0.15) is 24.1 Å². The highest BCUT2D eigenvalue weighted by molar-refractivity contribution is 5.92. The molecule has 0 saturated carbocycles. The Bertz CT molecular complexity index is 656. The fraction of sp³-hybridized carbons (Fsp3) is 0.826. The molecule has 0 spiro atoms. The predicted octanol–water partition coefficient (Wildman–Crippen LogP) is -1.19. The first-order chi connectivity index (χ1) is 15.8. The number of carbonyl (C=O) groups is 4. The molecule has 0 radical (unpaired) electrons. The van der Waals surface area contributed by atoms with Crippen molar-refractivity contribution in [3.63, 3.8) is 0 Å². The van der Waals surface area contributed by atoms with Crippen LogP contribution in [0.4, 0.5) is 0 Å². The lowest BCUT2D eigenvalue weighted by Crippen LogP contribution is -2.49. The molecule has 2 amide bonds. The zero-order valence-corrected chi connectivity index (χ0v) is 20.6. The van der Waals surface area contributed by atoms with E-state index in [1.54, 1.807) is 13.8 Å². The molecule has 0 bridgehead atoms. The van der Waals surface area contributed by atoms with E-state index in [2.05, 4.69) is 10.6 Å². The van der Waals surface area contributed by atoms with Gasteiger partial charge in [-0.15, -0.1) is 0 Å².